The second-order valence-electron chi connectivity index (χ2n) is 5.82. The molecule has 2 fully saturated rings. The lowest BCUT2D eigenvalue weighted by atomic mass is 10.0. The summed E-state index contributed by atoms with van der Waals surface area (Å²) in [7, 11) is 0. The van der Waals surface area contributed by atoms with Crippen LogP contribution in [0.2, 0.25) is 0 Å². The predicted octanol–water partition coefficient (Wildman–Crippen LogP) is 3.73. The number of hydrogen-bond donors (Lipinski definition) is 1. The number of benzene rings is 1. The van der Waals surface area contributed by atoms with Gasteiger partial charge < -0.3 is 0 Å². The molecule has 2 aliphatic rings. The lowest BCUT2D eigenvalue weighted by Crippen LogP contribution is -2.22. The van der Waals surface area contributed by atoms with Crippen LogP contribution in [0.1, 0.15) is 38.2 Å². The third-order valence-electron chi connectivity index (χ3n) is 4.56. The van der Waals surface area contributed by atoms with Crippen molar-refractivity contribution < 1.29 is 4.79 Å². The lowest BCUT2D eigenvalue weighted by Gasteiger charge is -2.04. The third kappa shape index (κ3) is 2.80. The van der Waals surface area contributed by atoms with Crippen LogP contribution < -0.4 is 5.43 Å². The second kappa shape index (κ2) is 5.68. The van der Waals surface area contributed by atoms with Crippen molar-refractivity contribution >= 4 is 27.5 Å². The standard InChI is InChI=1S/C16H19BrN2O/c1-10(11-6-8-12(17)9-7-11)18-19-16(20)15-13-4-2-3-5-14(13)15/h6-9,13-15H,2-5H2,1H3,(H,19,20)/t13-,14+,15?. The summed E-state index contributed by atoms with van der Waals surface area (Å²) in [6.45, 7) is 1.92. The molecule has 0 radical (unpaired) electrons. The van der Waals surface area contributed by atoms with E-state index in [1.165, 1.54) is 25.7 Å². The topological polar surface area (TPSA) is 41.5 Å². The number of amides is 1. The molecule has 4 heteroatoms. The zero-order valence-corrected chi connectivity index (χ0v) is 13.2. The first-order valence-corrected chi connectivity index (χ1v) is 8.06. The number of fused-ring (bicyclic) bond motifs is 1. The van der Waals surface area contributed by atoms with Gasteiger partial charge in [0, 0.05) is 10.4 Å². The lowest BCUT2D eigenvalue weighted by molar-refractivity contribution is -0.122. The van der Waals surface area contributed by atoms with Gasteiger partial charge in [0.05, 0.1) is 5.71 Å². The smallest absolute Gasteiger partial charge is 0.243 e. The van der Waals surface area contributed by atoms with Gasteiger partial charge in [0.1, 0.15) is 0 Å². The van der Waals surface area contributed by atoms with Gasteiger partial charge in [-0.05, 0) is 49.3 Å². The molecule has 0 bridgehead atoms. The molecule has 2 aliphatic carbocycles. The zero-order valence-electron chi connectivity index (χ0n) is 11.6. The maximum Gasteiger partial charge on any atom is 0.243 e. The molecule has 0 aromatic heterocycles. The largest absolute Gasteiger partial charge is 0.273 e. The van der Waals surface area contributed by atoms with Crippen molar-refractivity contribution in [1.29, 1.82) is 0 Å². The molecule has 1 unspecified atom stereocenters. The molecule has 3 nitrogen and oxygen atoms in total. The molecule has 3 rings (SSSR count). The van der Waals surface area contributed by atoms with Crippen molar-refractivity contribution in [3.8, 4) is 0 Å². The van der Waals surface area contributed by atoms with Crippen molar-refractivity contribution in [3.05, 3.63) is 34.3 Å². The Hall–Kier alpha value is -1.16. The fourth-order valence-corrected chi connectivity index (χ4v) is 3.61. The molecular weight excluding hydrogens is 316 g/mol. The molecule has 3 atom stereocenters. The Labute approximate surface area is 128 Å². The van der Waals surface area contributed by atoms with E-state index in [0.717, 1.165) is 15.7 Å². The summed E-state index contributed by atoms with van der Waals surface area (Å²) in [6.07, 6.45) is 5.01. The van der Waals surface area contributed by atoms with Gasteiger partial charge in [-0.1, -0.05) is 40.9 Å². The Morgan fingerprint density at radius 2 is 1.80 bits per heavy atom. The molecule has 1 aromatic rings. The van der Waals surface area contributed by atoms with Crippen LogP contribution in [0.4, 0.5) is 0 Å². The predicted molar refractivity (Wildman–Crippen MR) is 83.4 cm³/mol. The van der Waals surface area contributed by atoms with Gasteiger partial charge in [-0.3, -0.25) is 4.79 Å². The van der Waals surface area contributed by atoms with Crippen LogP contribution in [0, 0.1) is 17.8 Å². The second-order valence-corrected chi connectivity index (χ2v) is 6.73. The summed E-state index contributed by atoms with van der Waals surface area (Å²) in [5, 5.41) is 4.24. The van der Waals surface area contributed by atoms with E-state index < -0.39 is 0 Å². The van der Waals surface area contributed by atoms with E-state index >= 15 is 0 Å². The van der Waals surface area contributed by atoms with Crippen LogP contribution in [0.3, 0.4) is 0 Å². The molecule has 0 saturated heterocycles. The Balaban J connectivity index is 1.59. The van der Waals surface area contributed by atoms with Crippen molar-refractivity contribution in [2.75, 3.05) is 0 Å². The first-order chi connectivity index (χ1) is 9.66. The normalized spacial score (nSPS) is 28.7. The Morgan fingerprint density at radius 1 is 1.20 bits per heavy atom. The number of halogens is 1. The minimum Gasteiger partial charge on any atom is -0.273 e. The summed E-state index contributed by atoms with van der Waals surface area (Å²) in [4.78, 5) is 12.1. The Morgan fingerprint density at radius 3 is 2.40 bits per heavy atom. The highest BCUT2D eigenvalue weighted by atomic mass is 79.9. The van der Waals surface area contributed by atoms with E-state index in [-0.39, 0.29) is 11.8 Å². The van der Waals surface area contributed by atoms with Crippen LogP contribution in [-0.2, 0) is 4.79 Å². The highest BCUT2D eigenvalue weighted by molar-refractivity contribution is 9.10. The van der Waals surface area contributed by atoms with E-state index in [2.05, 4.69) is 26.5 Å². The summed E-state index contributed by atoms with van der Waals surface area (Å²) >= 11 is 3.41. The molecule has 1 N–H and O–H groups in total. The van der Waals surface area contributed by atoms with Crippen molar-refractivity contribution in [2.45, 2.75) is 32.6 Å². The molecule has 20 heavy (non-hydrogen) atoms. The number of nitrogens with one attached hydrogen (secondary N) is 1. The average molecular weight is 335 g/mol. The van der Waals surface area contributed by atoms with E-state index in [1.54, 1.807) is 0 Å². The van der Waals surface area contributed by atoms with Crippen molar-refractivity contribution in [1.82, 2.24) is 5.43 Å². The Kier molecular flexibility index (Phi) is 3.92. The molecule has 0 heterocycles. The first-order valence-electron chi connectivity index (χ1n) is 7.27. The van der Waals surface area contributed by atoms with Gasteiger partial charge in [-0.25, -0.2) is 5.43 Å². The summed E-state index contributed by atoms with van der Waals surface area (Å²) in [5.41, 5.74) is 4.62. The molecular formula is C16H19BrN2O. The molecule has 106 valence electrons. The molecule has 2 saturated carbocycles. The molecule has 0 aliphatic heterocycles. The van der Waals surface area contributed by atoms with E-state index in [1.807, 2.05) is 31.2 Å². The monoisotopic (exact) mass is 334 g/mol. The highest BCUT2D eigenvalue weighted by Crippen LogP contribution is 2.55. The van der Waals surface area contributed by atoms with Gasteiger partial charge in [0.15, 0.2) is 0 Å². The SMILES string of the molecule is CC(=NNC(=O)C1[C@H]2CCCC[C@@H]12)c1ccc(Br)cc1. The molecule has 1 aromatic carbocycles. The van der Waals surface area contributed by atoms with Gasteiger partial charge in [-0.15, -0.1) is 0 Å². The van der Waals surface area contributed by atoms with Crippen LogP contribution >= 0.6 is 15.9 Å². The zero-order chi connectivity index (χ0) is 14.1. The first kappa shape index (κ1) is 13.8. The van der Waals surface area contributed by atoms with Gasteiger partial charge in [-0.2, -0.15) is 5.10 Å². The number of hydrogen-bond acceptors (Lipinski definition) is 2. The maximum absolute atomic E-state index is 12.1. The van der Waals surface area contributed by atoms with Crippen LogP contribution in [0.15, 0.2) is 33.8 Å². The molecule has 0 spiro atoms. The van der Waals surface area contributed by atoms with E-state index in [9.17, 15) is 4.79 Å². The summed E-state index contributed by atoms with van der Waals surface area (Å²) in [5.74, 6) is 1.59. The fraction of sp³-hybridized carbons (Fsp3) is 0.500. The van der Waals surface area contributed by atoms with E-state index in [4.69, 9.17) is 0 Å². The third-order valence-corrected chi connectivity index (χ3v) is 5.08. The summed E-state index contributed by atoms with van der Waals surface area (Å²) in [6, 6.07) is 7.94. The maximum atomic E-state index is 12.1. The van der Waals surface area contributed by atoms with Crippen LogP contribution in [-0.4, -0.2) is 11.6 Å². The minimum absolute atomic E-state index is 0.110. The number of carbonyl (C=O) groups is 1. The van der Waals surface area contributed by atoms with Gasteiger partial charge in [0.25, 0.3) is 0 Å². The Bertz CT molecular complexity index is 526. The van der Waals surface area contributed by atoms with Gasteiger partial charge >= 0.3 is 0 Å². The molecule has 1 amide bonds. The van der Waals surface area contributed by atoms with Crippen molar-refractivity contribution in [3.63, 3.8) is 0 Å². The number of rotatable bonds is 3. The number of hydrazone groups is 1. The number of carbonyl (C=O) groups excluding carboxylic acids is 1. The van der Waals surface area contributed by atoms with Crippen LogP contribution in [0.5, 0.6) is 0 Å². The van der Waals surface area contributed by atoms with Crippen LogP contribution in [0.25, 0.3) is 0 Å². The summed E-state index contributed by atoms with van der Waals surface area (Å²) < 4.78 is 1.04. The average Bonchev–Trinajstić information content (AvgIpc) is 3.19. The minimum atomic E-state index is 0.110. The van der Waals surface area contributed by atoms with Gasteiger partial charge in [0.2, 0.25) is 5.91 Å². The highest BCUT2D eigenvalue weighted by Gasteiger charge is 2.54. The number of nitrogens with zero attached hydrogens (tertiary/aromatic N) is 1. The van der Waals surface area contributed by atoms with Crippen molar-refractivity contribution in [2.24, 2.45) is 22.9 Å². The quantitative estimate of drug-likeness (QED) is 0.664. The fourth-order valence-electron chi connectivity index (χ4n) is 3.35. The van der Waals surface area contributed by atoms with E-state index in [0.29, 0.717) is 11.8 Å².